The van der Waals surface area contributed by atoms with Crippen molar-refractivity contribution in [2.45, 2.75) is 26.3 Å². The summed E-state index contributed by atoms with van der Waals surface area (Å²) in [4.78, 5) is 2.55. The summed E-state index contributed by atoms with van der Waals surface area (Å²) in [5, 5.41) is 3.27. The molecule has 2 heteroatoms. The summed E-state index contributed by atoms with van der Waals surface area (Å²) < 4.78 is 0. The zero-order valence-electron chi connectivity index (χ0n) is 10.5. The molecule has 2 atom stereocenters. The van der Waals surface area contributed by atoms with Crippen LogP contribution in [0.15, 0.2) is 24.3 Å². The Labute approximate surface area is 98.7 Å². The molecular weight excluding hydrogens is 196 g/mol. The number of benzene rings is 1. The minimum absolute atomic E-state index is 0.607. The first kappa shape index (κ1) is 11.5. The zero-order chi connectivity index (χ0) is 11.5. The van der Waals surface area contributed by atoms with Crippen LogP contribution in [0, 0.1) is 5.92 Å². The maximum atomic E-state index is 3.27. The topological polar surface area (TPSA) is 15.3 Å². The molecule has 1 aliphatic rings. The van der Waals surface area contributed by atoms with E-state index in [-0.39, 0.29) is 0 Å². The van der Waals surface area contributed by atoms with Gasteiger partial charge in [-0.1, -0.05) is 25.1 Å². The summed E-state index contributed by atoms with van der Waals surface area (Å²) in [5.74, 6) is 0.677. The van der Waals surface area contributed by atoms with Gasteiger partial charge < -0.3 is 10.2 Å². The van der Waals surface area contributed by atoms with Crippen molar-refractivity contribution in [2.75, 3.05) is 25.0 Å². The van der Waals surface area contributed by atoms with Crippen LogP contribution in [0.5, 0.6) is 0 Å². The van der Waals surface area contributed by atoms with Gasteiger partial charge in [0.15, 0.2) is 0 Å². The van der Waals surface area contributed by atoms with Gasteiger partial charge >= 0.3 is 0 Å². The lowest BCUT2D eigenvalue weighted by Gasteiger charge is -2.32. The van der Waals surface area contributed by atoms with Crippen molar-refractivity contribution in [3.05, 3.63) is 29.8 Å². The number of anilines is 1. The van der Waals surface area contributed by atoms with Crippen LogP contribution >= 0.6 is 0 Å². The maximum Gasteiger partial charge on any atom is 0.0402 e. The van der Waals surface area contributed by atoms with Gasteiger partial charge in [0.05, 0.1) is 0 Å². The molecule has 0 aromatic heterocycles. The van der Waals surface area contributed by atoms with Crippen LogP contribution in [-0.2, 0) is 6.42 Å². The molecule has 2 nitrogen and oxygen atoms in total. The smallest absolute Gasteiger partial charge is 0.0402 e. The minimum atomic E-state index is 0.607. The summed E-state index contributed by atoms with van der Waals surface area (Å²) in [6, 6.07) is 9.41. The SMILES string of the molecule is CNCC(C)C(C)N1CCc2ccccc21. The molecule has 0 fully saturated rings. The average molecular weight is 218 g/mol. The first-order chi connectivity index (χ1) is 7.74. The average Bonchev–Trinajstić information content (AvgIpc) is 2.72. The second-order valence-corrected chi connectivity index (χ2v) is 4.85. The van der Waals surface area contributed by atoms with E-state index in [1.165, 1.54) is 24.2 Å². The van der Waals surface area contributed by atoms with Gasteiger partial charge in [0.1, 0.15) is 0 Å². The highest BCUT2D eigenvalue weighted by Gasteiger charge is 2.25. The molecular formula is C14H22N2. The van der Waals surface area contributed by atoms with Crippen molar-refractivity contribution in [1.29, 1.82) is 0 Å². The highest BCUT2D eigenvalue weighted by atomic mass is 15.2. The molecule has 0 bridgehead atoms. The highest BCUT2D eigenvalue weighted by Crippen LogP contribution is 2.30. The molecule has 1 aromatic rings. The number of nitrogens with one attached hydrogen (secondary N) is 1. The van der Waals surface area contributed by atoms with E-state index < -0.39 is 0 Å². The molecule has 0 radical (unpaired) electrons. The Balaban J connectivity index is 2.12. The van der Waals surface area contributed by atoms with Crippen molar-refractivity contribution in [3.8, 4) is 0 Å². The van der Waals surface area contributed by atoms with Crippen molar-refractivity contribution < 1.29 is 0 Å². The zero-order valence-corrected chi connectivity index (χ0v) is 10.5. The standard InChI is InChI=1S/C14H22N2/c1-11(10-15-3)12(2)16-9-8-13-6-4-5-7-14(13)16/h4-7,11-12,15H,8-10H2,1-3H3. The van der Waals surface area contributed by atoms with Crippen LogP contribution in [-0.4, -0.2) is 26.2 Å². The lowest BCUT2D eigenvalue weighted by molar-refractivity contribution is 0.440. The van der Waals surface area contributed by atoms with E-state index in [0.29, 0.717) is 12.0 Å². The number of para-hydroxylation sites is 1. The van der Waals surface area contributed by atoms with E-state index in [0.717, 1.165) is 6.54 Å². The third-order valence-electron chi connectivity index (χ3n) is 3.76. The van der Waals surface area contributed by atoms with Crippen LogP contribution in [0.3, 0.4) is 0 Å². The van der Waals surface area contributed by atoms with Gasteiger partial charge in [-0.2, -0.15) is 0 Å². The summed E-state index contributed by atoms with van der Waals surface area (Å²) in [5.41, 5.74) is 2.95. The molecule has 2 unspecified atom stereocenters. The Bertz CT molecular complexity index is 348. The first-order valence-corrected chi connectivity index (χ1v) is 6.23. The normalized spacial score (nSPS) is 18.3. The van der Waals surface area contributed by atoms with Gasteiger partial charge in [-0.3, -0.25) is 0 Å². The molecule has 0 amide bonds. The fraction of sp³-hybridized carbons (Fsp3) is 0.571. The monoisotopic (exact) mass is 218 g/mol. The van der Waals surface area contributed by atoms with Crippen molar-refractivity contribution >= 4 is 5.69 Å². The van der Waals surface area contributed by atoms with E-state index in [9.17, 15) is 0 Å². The molecule has 0 aliphatic carbocycles. The molecule has 0 saturated heterocycles. The minimum Gasteiger partial charge on any atom is -0.368 e. The van der Waals surface area contributed by atoms with E-state index in [1.807, 2.05) is 7.05 Å². The predicted molar refractivity (Wildman–Crippen MR) is 70.0 cm³/mol. The Morgan fingerprint density at radius 2 is 2.06 bits per heavy atom. The van der Waals surface area contributed by atoms with Gasteiger partial charge in [0.2, 0.25) is 0 Å². The lowest BCUT2D eigenvalue weighted by atomic mass is 10.0. The Morgan fingerprint density at radius 3 is 2.81 bits per heavy atom. The maximum absolute atomic E-state index is 3.27. The van der Waals surface area contributed by atoms with Gasteiger partial charge in [0.25, 0.3) is 0 Å². The summed E-state index contributed by atoms with van der Waals surface area (Å²) >= 11 is 0. The molecule has 1 aromatic carbocycles. The third kappa shape index (κ3) is 2.07. The molecule has 2 rings (SSSR count). The Morgan fingerprint density at radius 1 is 1.31 bits per heavy atom. The first-order valence-electron chi connectivity index (χ1n) is 6.23. The molecule has 1 aliphatic heterocycles. The Hall–Kier alpha value is -1.02. The van der Waals surface area contributed by atoms with E-state index >= 15 is 0 Å². The number of fused-ring (bicyclic) bond motifs is 1. The van der Waals surface area contributed by atoms with E-state index in [2.05, 4.69) is 48.3 Å². The lowest BCUT2D eigenvalue weighted by Crippen LogP contribution is -2.39. The van der Waals surface area contributed by atoms with Crippen molar-refractivity contribution in [3.63, 3.8) is 0 Å². The molecule has 88 valence electrons. The van der Waals surface area contributed by atoms with Crippen molar-refractivity contribution in [1.82, 2.24) is 5.32 Å². The van der Waals surface area contributed by atoms with Crippen LogP contribution in [0.25, 0.3) is 0 Å². The van der Waals surface area contributed by atoms with Crippen LogP contribution in [0.4, 0.5) is 5.69 Å². The predicted octanol–water partition coefficient (Wildman–Crippen LogP) is 2.29. The van der Waals surface area contributed by atoms with Crippen LogP contribution in [0.1, 0.15) is 19.4 Å². The largest absolute Gasteiger partial charge is 0.368 e. The van der Waals surface area contributed by atoms with Crippen LogP contribution < -0.4 is 10.2 Å². The molecule has 0 saturated carbocycles. The van der Waals surface area contributed by atoms with Crippen molar-refractivity contribution in [2.24, 2.45) is 5.92 Å². The van der Waals surface area contributed by atoms with Gasteiger partial charge in [0, 0.05) is 18.3 Å². The third-order valence-corrected chi connectivity index (χ3v) is 3.76. The summed E-state index contributed by atoms with van der Waals surface area (Å²) in [7, 11) is 2.03. The second-order valence-electron chi connectivity index (χ2n) is 4.85. The molecule has 16 heavy (non-hydrogen) atoms. The number of nitrogens with zero attached hydrogens (tertiary/aromatic N) is 1. The number of hydrogen-bond donors (Lipinski definition) is 1. The van der Waals surface area contributed by atoms with Crippen LogP contribution in [0.2, 0.25) is 0 Å². The molecule has 1 heterocycles. The fourth-order valence-electron chi connectivity index (χ4n) is 2.59. The van der Waals surface area contributed by atoms with E-state index in [1.54, 1.807) is 0 Å². The van der Waals surface area contributed by atoms with Gasteiger partial charge in [-0.15, -0.1) is 0 Å². The second kappa shape index (κ2) is 4.88. The summed E-state index contributed by atoms with van der Waals surface area (Å²) in [6.45, 7) is 6.92. The summed E-state index contributed by atoms with van der Waals surface area (Å²) in [6.07, 6.45) is 1.20. The fourth-order valence-corrected chi connectivity index (χ4v) is 2.59. The van der Waals surface area contributed by atoms with Gasteiger partial charge in [-0.25, -0.2) is 0 Å². The van der Waals surface area contributed by atoms with E-state index in [4.69, 9.17) is 0 Å². The molecule has 1 N–H and O–H groups in total. The highest BCUT2D eigenvalue weighted by molar-refractivity contribution is 5.58. The van der Waals surface area contributed by atoms with Gasteiger partial charge in [-0.05, 0) is 44.5 Å². The number of rotatable bonds is 4. The number of hydrogen-bond acceptors (Lipinski definition) is 2. The quantitative estimate of drug-likeness (QED) is 0.834. The molecule has 0 spiro atoms. The Kier molecular flexibility index (Phi) is 3.49.